The average molecular weight is 397 g/mol. The number of aromatic amines is 1. The highest BCUT2D eigenvalue weighted by Crippen LogP contribution is 2.32. The third-order valence-electron chi connectivity index (χ3n) is 5.88. The van der Waals surface area contributed by atoms with Gasteiger partial charge in [0.05, 0.1) is 28.6 Å². The number of likely N-dealkylation sites (tertiary alicyclic amines) is 1. The zero-order chi connectivity index (χ0) is 18.9. The first-order valence-corrected chi connectivity index (χ1v) is 10.4. The first-order valence-electron chi connectivity index (χ1n) is 10.0. The molecule has 146 valence electrons. The second kappa shape index (κ2) is 7.70. The average Bonchev–Trinajstić information content (AvgIpc) is 3.36. The Hall–Kier alpha value is -2.15. The lowest BCUT2D eigenvalue weighted by Gasteiger charge is -2.30. The Labute approximate surface area is 169 Å². The zero-order valence-corrected chi connectivity index (χ0v) is 16.6. The maximum Gasteiger partial charge on any atom is 0.0938 e. The second-order valence-corrected chi connectivity index (χ2v) is 8.17. The summed E-state index contributed by atoms with van der Waals surface area (Å²) in [6, 6.07) is 12.3. The van der Waals surface area contributed by atoms with E-state index in [0.29, 0.717) is 5.92 Å². The molecule has 2 aliphatic heterocycles. The fourth-order valence-corrected chi connectivity index (χ4v) is 4.55. The van der Waals surface area contributed by atoms with Crippen LogP contribution in [0.25, 0.3) is 11.3 Å². The Morgan fingerprint density at radius 1 is 1.11 bits per heavy atom. The molecular weight excluding hydrogens is 372 g/mol. The molecule has 4 heterocycles. The molecule has 0 amide bonds. The van der Waals surface area contributed by atoms with Crippen molar-refractivity contribution in [3.05, 3.63) is 58.5 Å². The van der Waals surface area contributed by atoms with Crippen LogP contribution < -0.4 is 5.32 Å². The van der Waals surface area contributed by atoms with Gasteiger partial charge in [0.25, 0.3) is 0 Å². The van der Waals surface area contributed by atoms with Crippen LogP contribution in [0.4, 0.5) is 0 Å². The molecule has 2 N–H and O–H groups in total. The van der Waals surface area contributed by atoms with Crippen molar-refractivity contribution in [1.82, 2.24) is 30.2 Å². The summed E-state index contributed by atoms with van der Waals surface area (Å²) in [7, 11) is 0. The highest BCUT2D eigenvalue weighted by molar-refractivity contribution is 6.33. The van der Waals surface area contributed by atoms with Crippen molar-refractivity contribution in [2.45, 2.75) is 38.4 Å². The van der Waals surface area contributed by atoms with E-state index in [1.165, 1.54) is 17.1 Å². The van der Waals surface area contributed by atoms with E-state index in [1.807, 2.05) is 24.3 Å². The van der Waals surface area contributed by atoms with Gasteiger partial charge in [0.15, 0.2) is 0 Å². The summed E-state index contributed by atoms with van der Waals surface area (Å²) in [5.74, 6) is 0.527. The van der Waals surface area contributed by atoms with Crippen LogP contribution in [0.5, 0.6) is 0 Å². The molecule has 0 atom stereocenters. The summed E-state index contributed by atoms with van der Waals surface area (Å²) < 4.78 is 2.15. The molecule has 0 bridgehead atoms. The Morgan fingerprint density at radius 2 is 1.96 bits per heavy atom. The molecular formula is C21H25ClN6. The predicted octanol–water partition coefficient (Wildman–Crippen LogP) is 3.41. The number of fused-ring (bicyclic) bond motifs is 1. The molecule has 7 heteroatoms. The van der Waals surface area contributed by atoms with Gasteiger partial charge in [-0.1, -0.05) is 29.8 Å². The normalized spacial score (nSPS) is 18.3. The van der Waals surface area contributed by atoms with E-state index < -0.39 is 0 Å². The van der Waals surface area contributed by atoms with E-state index >= 15 is 0 Å². The third kappa shape index (κ3) is 3.60. The first-order chi connectivity index (χ1) is 13.8. The van der Waals surface area contributed by atoms with E-state index in [0.717, 1.165) is 68.4 Å². The molecule has 28 heavy (non-hydrogen) atoms. The molecule has 5 rings (SSSR count). The first kappa shape index (κ1) is 17.9. The number of halogens is 1. The topological polar surface area (TPSA) is 61.8 Å². The highest BCUT2D eigenvalue weighted by atomic mass is 35.5. The minimum Gasteiger partial charge on any atom is -0.309 e. The number of H-pyrrole nitrogens is 1. The summed E-state index contributed by atoms with van der Waals surface area (Å²) in [5.41, 5.74) is 5.64. The van der Waals surface area contributed by atoms with Crippen LogP contribution in [0.15, 0.2) is 36.4 Å². The van der Waals surface area contributed by atoms with Crippen LogP contribution >= 0.6 is 11.6 Å². The fourth-order valence-electron chi connectivity index (χ4n) is 4.31. The van der Waals surface area contributed by atoms with Crippen molar-refractivity contribution in [2.24, 2.45) is 0 Å². The van der Waals surface area contributed by atoms with Crippen molar-refractivity contribution in [3.8, 4) is 11.3 Å². The Balaban J connectivity index is 1.20. The van der Waals surface area contributed by atoms with Crippen LogP contribution in [-0.4, -0.2) is 44.5 Å². The number of hydrogen-bond donors (Lipinski definition) is 2. The minimum atomic E-state index is 0.527. The Bertz CT molecular complexity index is 930. The van der Waals surface area contributed by atoms with Crippen molar-refractivity contribution in [2.75, 3.05) is 19.6 Å². The lowest BCUT2D eigenvalue weighted by molar-refractivity contribution is 0.200. The Morgan fingerprint density at radius 3 is 2.79 bits per heavy atom. The van der Waals surface area contributed by atoms with Gasteiger partial charge in [-0.3, -0.25) is 14.7 Å². The molecule has 2 aliphatic rings. The molecule has 0 unspecified atom stereocenters. The largest absolute Gasteiger partial charge is 0.309 e. The number of nitrogens with one attached hydrogen (secondary N) is 2. The molecule has 0 spiro atoms. The zero-order valence-electron chi connectivity index (χ0n) is 15.9. The van der Waals surface area contributed by atoms with Gasteiger partial charge in [-0.2, -0.15) is 10.2 Å². The molecule has 6 nitrogen and oxygen atoms in total. The van der Waals surface area contributed by atoms with Crippen LogP contribution in [0, 0.1) is 0 Å². The van der Waals surface area contributed by atoms with Gasteiger partial charge in [0, 0.05) is 36.8 Å². The molecule has 3 aromatic rings. The summed E-state index contributed by atoms with van der Waals surface area (Å²) >= 11 is 6.32. The number of nitrogens with zero attached hydrogens (tertiary/aromatic N) is 4. The highest BCUT2D eigenvalue weighted by Gasteiger charge is 2.24. The van der Waals surface area contributed by atoms with Crippen LogP contribution in [-0.2, 0) is 19.6 Å². The van der Waals surface area contributed by atoms with Crippen molar-refractivity contribution < 1.29 is 0 Å². The smallest absolute Gasteiger partial charge is 0.0938 e. The summed E-state index contributed by atoms with van der Waals surface area (Å²) in [5, 5.41) is 16.7. The van der Waals surface area contributed by atoms with Crippen LogP contribution in [0.1, 0.15) is 35.8 Å². The van der Waals surface area contributed by atoms with E-state index in [-0.39, 0.29) is 0 Å². The van der Waals surface area contributed by atoms with E-state index in [2.05, 4.69) is 37.2 Å². The van der Waals surface area contributed by atoms with Gasteiger partial charge in [-0.05, 0) is 44.1 Å². The molecule has 1 fully saturated rings. The Kier molecular flexibility index (Phi) is 4.93. The summed E-state index contributed by atoms with van der Waals surface area (Å²) in [6.45, 7) is 6.05. The van der Waals surface area contributed by atoms with Gasteiger partial charge in [-0.25, -0.2) is 0 Å². The van der Waals surface area contributed by atoms with Crippen molar-refractivity contribution in [1.29, 1.82) is 0 Å². The van der Waals surface area contributed by atoms with Gasteiger partial charge in [0.1, 0.15) is 0 Å². The summed E-state index contributed by atoms with van der Waals surface area (Å²) in [4.78, 5) is 2.52. The van der Waals surface area contributed by atoms with Crippen molar-refractivity contribution >= 4 is 11.6 Å². The number of aromatic nitrogens is 4. The second-order valence-electron chi connectivity index (χ2n) is 7.77. The number of hydrogen-bond acceptors (Lipinski definition) is 4. The van der Waals surface area contributed by atoms with Crippen LogP contribution in [0.3, 0.4) is 0 Å². The van der Waals surface area contributed by atoms with Gasteiger partial charge < -0.3 is 5.32 Å². The number of piperidine rings is 1. The molecule has 0 radical (unpaired) electrons. The molecule has 1 saturated heterocycles. The van der Waals surface area contributed by atoms with E-state index in [4.69, 9.17) is 16.7 Å². The van der Waals surface area contributed by atoms with Gasteiger partial charge >= 0.3 is 0 Å². The maximum atomic E-state index is 6.32. The minimum absolute atomic E-state index is 0.527. The summed E-state index contributed by atoms with van der Waals surface area (Å²) in [6.07, 6.45) is 2.28. The lowest BCUT2D eigenvalue weighted by Crippen LogP contribution is -2.32. The quantitative estimate of drug-likeness (QED) is 0.709. The third-order valence-corrected chi connectivity index (χ3v) is 6.21. The molecule has 0 saturated carbocycles. The standard InChI is InChI=1S/C21H25ClN6/c22-19-4-2-1-3-18(19)21-12-20(24-25-21)15-5-8-27(9-6-15)14-16-11-17-13-23-7-10-28(17)26-16/h1-4,11-12,15,23H,5-10,13-14H2,(H,24,25). The van der Waals surface area contributed by atoms with Crippen LogP contribution in [0.2, 0.25) is 5.02 Å². The fraction of sp³-hybridized carbons (Fsp3) is 0.429. The molecule has 0 aliphatic carbocycles. The van der Waals surface area contributed by atoms with E-state index in [9.17, 15) is 0 Å². The molecule has 1 aromatic carbocycles. The SMILES string of the molecule is Clc1ccccc1-c1cc(C2CCN(Cc3cc4n(n3)CCNC4)CC2)[nH]n1. The monoisotopic (exact) mass is 396 g/mol. The van der Waals surface area contributed by atoms with Gasteiger partial charge in [-0.15, -0.1) is 0 Å². The van der Waals surface area contributed by atoms with Crippen molar-refractivity contribution in [3.63, 3.8) is 0 Å². The van der Waals surface area contributed by atoms with E-state index in [1.54, 1.807) is 0 Å². The number of rotatable bonds is 4. The predicted molar refractivity (Wildman–Crippen MR) is 110 cm³/mol. The number of benzene rings is 1. The molecule has 2 aromatic heterocycles. The lowest BCUT2D eigenvalue weighted by atomic mass is 9.93. The maximum absolute atomic E-state index is 6.32. The van der Waals surface area contributed by atoms with Gasteiger partial charge in [0.2, 0.25) is 0 Å².